The van der Waals surface area contributed by atoms with Crippen molar-refractivity contribution >= 4 is 11.8 Å². The van der Waals surface area contributed by atoms with Crippen molar-refractivity contribution in [1.29, 1.82) is 0 Å². The molecule has 0 bridgehead atoms. The van der Waals surface area contributed by atoms with E-state index in [0.29, 0.717) is 0 Å². The number of rotatable bonds is 4. The van der Waals surface area contributed by atoms with E-state index in [1.807, 2.05) is 18.7 Å². The summed E-state index contributed by atoms with van der Waals surface area (Å²) in [5, 5.41) is 5.51. The van der Waals surface area contributed by atoms with Crippen LogP contribution >= 0.6 is 11.8 Å². The molecule has 2 aromatic rings. The second-order valence-corrected chi connectivity index (χ2v) is 6.07. The molecule has 0 spiro atoms. The van der Waals surface area contributed by atoms with Gasteiger partial charge in [0.2, 0.25) is 0 Å². The Morgan fingerprint density at radius 1 is 1.26 bits per heavy atom. The van der Waals surface area contributed by atoms with E-state index >= 15 is 0 Å². The highest BCUT2D eigenvalue weighted by Crippen LogP contribution is 2.25. The van der Waals surface area contributed by atoms with Gasteiger partial charge in [0.25, 0.3) is 0 Å². The molecule has 0 aliphatic rings. The number of nitrogens with zero attached hydrogens (tertiary/aromatic N) is 2. The van der Waals surface area contributed by atoms with Crippen molar-refractivity contribution < 1.29 is 0 Å². The third-order valence-corrected chi connectivity index (χ3v) is 4.40. The maximum absolute atomic E-state index is 6.30. The van der Waals surface area contributed by atoms with Gasteiger partial charge in [0.1, 0.15) is 0 Å². The molecular weight excluding hydrogens is 254 g/mol. The van der Waals surface area contributed by atoms with Gasteiger partial charge < -0.3 is 5.73 Å². The molecule has 1 unspecified atom stereocenters. The first-order valence-corrected chi connectivity index (χ1v) is 7.42. The molecule has 0 saturated heterocycles. The molecule has 2 rings (SSSR count). The molecule has 3 nitrogen and oxygen atoms in total. The second-order valence-electron chi connectivity index (χ2n) is 5.03. The van der Waals surface area contributed by atoms with Crippen molar-refractivity contribution in [2.45, 2.75) is 31.8 Å². The standard InChI is InChI=1S/C15H21N3S/c1-10-5-6-13(11(2)7-10)14(16)9-19-15-8-12(3)17-18(15)4/h5-8,14H,9,16H2,1-4H3. The third-order valence-electron chi connectivity index (χ3n) is 3.19. The summed E-state index contributed by atoms with van der Waals surface area (Å²) in [6.07, 6.45) is 0. The number of hydrogen-bond acceptors (Lipinski definition) is 3. The van der Waals surface area contributed by atoms with Gasteiger partial charge in [-0.3, -0.25) is 4.68 Å². The Labute approximate surface area is 119 Å². The van der Waals surface area contributed by atoms with Crippen molar-refractivity contribution in [1.82, 2.24) is 9.78 Å². The van der Waals surface area contributed by atoms with Gasteiger partial charge in [0.05, 0.1) is 10.7 Å². The molecule has 102 valence electrons. The third kappa shape index (κ3) is 3.39. The molecule has 0 radical (unpaired) electrons. The maximum atomic E-state index is 6.30. The first-order valence-electron chi connectivity index (χ1n) is 6.43. The molecule has 19 heavy (non-hydrogen) atoms. The van der Waals surface area contributed by atoms with E-state index in [1.54, 1.807) is 11.8 Å². The van der Waals surface area contributed by atoms with Crippen LogP contribution in [0.2, 0.25) is 0 Å². The fourth-order valence-corrected chi connectivity index (χ4v) is 3.24. The summed E-state index contributed by atoms with van der Waals surface area (Å²) in [6.45, 7) is 6.24. The summed E-state index contributed by atoms with van der Waals surface area (Å²) < 4.78 is 1.91. The van der Waals surface area contributed by atoms with Gasteiger partial charge in [0.15, 0.2) is 0 Å². The molecule has 0 fully saturated rings. The van der Waals surface area contributed by atoms with Gasteiger partial charge in [-0.15, -0.1) is 11.8 Å². The van der Waals surface area contributed by atoms with Crippen molar-refractivity contribution in [3.8, 4) is 0 Å². The van der Waals surface area contributed by atoms with E-state index in [0.717, 1.165) is 16.5 Å². The molecule has 0 amide bonds. The predicted molar refractivity (Wildman–Crippen MR) is 81.5 cm³/mol. The van der Waals surface area contributed by atoms with Crippen LogP contribution < -0.4 is 5.73 Å². The summed E-state index contributed by atoms with van der Waals surface area (Å²) >= 11 is 1.76. The van der Waals surface area contributed by atoms with Crippen molar-refractivity contribution in [2.75, 3.05) is 5.75 Å². The van der Waals surface area contributed by atoms with E-state index in [2.05, 4.69) is 43.2 Å². The summed E-state index contributed by atoms with van der Waals surface area (Å²) in [5.74, 6) is 0.864. The van der Waals surface area contributed by atoms with Gasteiger partial charge in [-0.1, -0.05) is 23.8 Å². The lowest BCUT2D eigenvalue weighted by Gasteiger charge is -2.15. The van der Waals surface area contributed by atoms with Crippen LogP contribution in [0.4, 0.5) is 0 Å². The summed E-state index contributed by atoms with van der Waals surface area (Å²) in [7, 11) is 1.97. The van der Waals surface area contributed by atoms with Crippen molar-refractivity contribution in [3.63, 3.8) is 0 Å². The summed E-state index contributed by atoms with van der Waals surface area (Å²) in [4.78, 5) is 0. The SMILES string of the molecule is Cc1ccc(C(N)CSc2cc(C)nn2C)c(C)c1. The fraction of sp³-hybridized carbons (Fsp3) is 0.400. The highest BCUT2D eigenvalue weighted by atomic mass is 32.2. The van der Waals surface area contributed by atoms with Crippen LogP contribution in [0.15, 0.2) is 29.3 Å². The number of benzene rings is 1. The smallest absolute Gasteiger partial charge is 0.0939 e. The van der Waals surface area contributed by atoms with E-state index in [9.17, 15) is 0 Å². The van der Waals surface area contributed by atoms with Gasteiger partial charge in [0, 0.05) is 18.8 Å². The minimum atomic E-state index is 0.0563. The Morgan fingerprint density at radius 3 is 2.58 bits per heavy atom. The van der Waals surface area contributed by atoms with Gasteiger partial charge >= 0.3 is 0 Å². The van der Waals surface area contributed by atoms with Gasteiger partial charge in [-0.25, -0.2) is 0 Å². The number of nitrogens with two attached hydrogens (primary N) is 1. The van der Waals surface area contributed by atoms with Crippen LogP contribution in [0.5, 0.6) is 0 Å². The topological polar surface area (TPSA) is 43.8 Å². The summed E-state index contributed by atoms with van der Waals surface area (Å²) in [6, 6.07) is 8.61. The van der Waals surface area contributed by atoms with Crippen LogP contribution in [0.1, 0.15) is 28.4 Å². The molecular formula is C15H21N3S. The molecule has 0 saturated carbocycles. The maximum Gasteiger partial charge on any atom is 0.0939 e. The zero-order chi connectivity index (χ0) is 14.0. The molecule has 1 heterocycles. The Bertz CT molecular complexity index is 575. The first kappa shape index (κ1) is 14.2. The quantitative estimate of drug-likeness (QED) is 0.872. The van der Waals surface area contributed by atoms with Crippen molar-refractivity contribution in [3.05, 3.63) is 46.6 Å². The Balaban J connectivity index is 2.05. The lowest BCUT2D eigenvalue weighted by atomic mass is 10.0. The van der Waals surface area contributed by atoms with Gasteiger partial charge in [-0.05, 0) is 38.0 Å². The van der Waals surface area contributed by atoms with E-state index in [4.69, 9.17) is 5.73 Å². The van der Waals surface area contributed by atoms with Gasteiger partial charge in [-0.2, -0.15) is 5.10 Å². The van der Waals surface area contributed by atoms with Crippen LogP contribution in [-0.2, 0) is 7.05 Å². The molecule has 0 aliphatic carbocycles. The van der Waals surface area contributed by atoms with E-state index < -0.39 is 0 Å². The average molecular weight is 275 g/mol. The first-order chi connectivity index (χ1) is 8.97. The molecule has 4 heteroatoms. The van der Waals surface area contributed by atoms with Crippen LogP contribution in [0.25, 0.3) is 0 Å². The molecule has 1 atom stereocenters. The average Bonchev–Trinajstić information content (AvgIpc) is 2.65. The Morgan fingerprint density at radius 2 is 2.00 bits per heavy atom. The highest BCUT2D eigenvalue weighted by molar-refractivity contribution is 7.99. The lowest BCUT2D eigenvalue weighted by Crippen LogP contribution is -2.14. The fourth-order valence-electron chi connectivity index (χ4n) is 2.23. The number of thioether (sulfide) groups is 1. The normalized spacial score (nSPS) is 12.7. The zero-order valence-corrected chi connectivity index (χ0v) is 12.8. The monoisotopic (exact) mass is 275 g/mol. The van der Waals surface area contributed by atoms with Crippen molar-refractivity contribution in [2.24, 2.45) is 12.8 Å². The summed E-state index contributed by atoms with van der Waals surface area (Å²) in [5.41, 5.74) is 11.1. The number of hydrogen-bond donors (Lipinski definition) is 1. The second kappa shape index (κ2) is 5.80. The largest absolute Gasteiger partial charge is 0.323 e. The molecule has 1 aromatic heterocycles. The minimum absolute atomic E-state index is 0.0563. The number of aryl methyl sites for hydroxylation is 4. The predicted octanol–water partition coefficient (Wildman–Crippen LogP) is 3.14. The molecule has 0 aliphatic heterocycles. The lowest BCUT2D eigenvalue weighted by molar-refractivity contribution is 0.691. The molecule has 2 N–H and O–H groups in total. The number of aromatic nitrogens is 2. The van der Waals surface area contributed by atoms with E-state index in [-0.39, 0.29) is 6.04 Å². The Kier molecular flexibility index (Phi) is 4.32. The molecule has 1 aromatic carbocycles. The van der Waals surface area contributed by atoms with E-state index in [1.165, 1.54) is 16.7 Å². The van der Waals surface area contributed by atoms with Crippen LogP contribution in [-0.4, -0.2) is 15.5 Å². The zero-order valence-electron chi connectivity index (χ0n) is 12.0. The minimum Gasteiger partial charge on any atom is -0.323 e. The highest BCUT2D eigenvalue weighted by Gasteiger charge is 2.11. The Hall–Kier alpha value is -1.26. The van der Waals surface area contributed by atoms with Crippen LogP contribution in [0, 0.1) is 20.8 Å². The van der Waals surface area contributed by atoms with Crippen LogP contribution in [0.3, 0.4) is 0 Å².